The number of hydrogen-bond acceptors (Lipinski definition) is 2. The summed E-state index contributed by atoms with van der Waals surface area (Å²) in [5, 5.41) is 9.81. The van der Waals surface area contributed by atoms with Gasteiger partial charge in [-0.1, -0.05) is 23.2 Å². The maximum Gasteiger partial charge on any atom is 0.147 e. The number of aromatic nitrogens is 1. The van der Waals surface area contributed by atoms with Crippen LogP contribution < -0.4 is 0 Å². The summed E-state index contributed by atoms with van der Waals surface area (Å²) in [6.45, 7) is 0. The number of rotatable bonds is 2. The molecule has 0 fully saturated rings. The van der Waals surface area contributed by atoms with Crippen molar-refractivity contribution >= 4 is 34.8 Å². The van der Waals surface area contributed by atoms with Crippen molar-refractivity contribution in [1.29, 1.82) is 0 Å². The van der Waals surface area contributed by atoms with Gasteiger partial charge in [-0.15, -0.1) is 11.6 Å². The summed E-state index contributed by atoms with van der Waals surface area (Å²) < 4.78 is 0. The Morgan fingerprint density at radius 2 is 2.17 bits per heavy atom. The fourth-order valence-corrected chi connectivity index (χ4v) is 1.16. The first kappa shape index (κ1) is 10.1. The number of nitrogens with zero attached hydrogens (tertiary/aromatic N) is 1. The van der Waals surface area contributed by atoms with Gasteiger partial charge >= 0.3 is 0 Å². The lowest BCUT2D eigenvalue weighted by Gasteiger charge is -2.06. The lowest BCUT2D eigenvalue weighted by atomic mass is 10.2. The summed E-state index contributed by atoms with van der Waals surface area (Å²) in [5.74, 6) is 0.111. The maximum absolute atomic E-state index is 9.27. The molecule has 1 heterocycles. The van der Waals surface area contributed by atoms with Gasteiger partial charge in [0.15, 0.2) is 0 Å². The van der Waals surface area contributed by atoms with Crippen LogP contribution in [-0.4, -0.2) is 16.0 Å². The zero-order valence-electron chi connectivity index (χ0n) is 5.97. The number of aliphatic hydroxyl groups is 1. The fourth-order valence-electron chi connectivity index (χ4n) is 0.707. The van der Waals surface area contributed by atoms with Crippen LogP contribution in [0.25, 0.3) is 0 Å². The molecular weight excluding hydrogens is 220 g/mol. The number of halogens is 3. The van der Waals surface area contributed by atoms with E-state index < -0.39 is 6.10 Å². The van der Waals surface area contributed by atoms with E-state index in [1.54, 1.807) is 6.07 Å². The van der Waals surface area contributed by atoms with Crippen LogP contribution in [0.15, 0.2) is 12.3 Å². The Balaban J connectivity index is 2.96. The first-order chi connectivity index (χ1) is 5.65. The second-order valence-electron chi connectivity index (χ2n) is 2.21. The second-order valence-corrected chi connectivity index (χ2v) is 3.29. The highest BCUT2D eigenvalue weighted by molar-refractivity contribution is 6.41. The molecule has 2 nitrogen and oxygen atoms in total. The van der Waals surface area contributed by atoms with Gasteiger partial charge in [-0.3, -0.25) is 0 Å². The largest absolute Gasteiger partial charge is 0.387 e. The van der Waals surface area contributed by atoms with Gasteiger partial charge in [-0.25, -0.2) is 4.98 Å². The molecule has 1 aromatic heterocycles. The van der Waals surface area contributed by atoms with Crippen LogP contribution in [0.3, 0.4) is 0 Å². The molecule has 0 saturated carbocycles. The van der Waals surface area contributed by atoms with Crippen LogP contribution in [-0.2, 0) is 0 Å². The Morgan fingerprint density at radius 1 is 1.50 bits per heavy atom. The standard InChI is InChI=1S/C7H6Cl3NO/c8-2-6(12)4-1-5(9)7(10)11-3-4/h1,3,6,12H,2H2/t6-/m0/s1. The zero-order chi connectivity index (χ0) is 9.14. The van der Waals surface area contributed by atoms with Gasteiger partial charge in [0.25, 0.3) is 0 Å². The molecule has 0 saturated heterocycles. The quantitative estimate of drug-likeness (QED) is 0.621. The van der Waals surface area contributed by atoms with Gasteiger partial charge < -0.3 is 5.11 Å². The summed E-state index contributed by atoms with van der Waals surface area (Å²) in [7, 11) is 0. The summed E-state index contributed by atoms with van der Waals surface area (Å²) >= 11 is 16.7. The Hall–Kier alpha value is -0.0200. The molecule has 5 heteroatoms. The van der Waals surface area contributed by atoms with E-state index >= 15 is 0 Å². The topological polar surface area (TPSA) is 33.1 Å². The van der Waals surface area contributed by atoms with E-state index in [4.69, 9.17) is 34.8 Å². The highest BCUT2D eigenvalue weighted by Crippen LogP contribution is 2.23. The Morgan fingerprint density at radius 3 is 2.67 bits per heavy atom. The Labute approximate surface area is 85.1 Å². The molecule has 0 aliphatic carbocycles. The van der Waals surface area contributed by atoms with Crippen LogP contribution in [0.4, 0.5) is 0 Å². The molecular formula is C7H6Cl3NO. The summed E-state index contributed by atoms with van der Waals surface area (Å²) in [6, 6.07) is 1.55. The first-order valence-electron chi connectivity index (χ1n) is 3.20. The van der Waals surface area contributed by atoms with E-state index in [1.807, 2.05) is 0 Å². The maximum atomic E-state index is 9.27. The van der Waals surface area contributed by atoms with Gasteiger partial charge in [0.1, 0.15) is 5.15 Å². The van der Waals surface area contributed by atoms with Gasteiger partial charge in [-0.2, -0.15) is 0 Å². The first-order valence-corrected chi connectivity index (χ1v) is 4.49. The third kappa shape index (κ3) is 2.23. The van der Waals surface area contributed by atoms with E-state index in [-0.39, 0.29) is 11.0 Å². The highest BCUT2D eigenvalue weighted by atomic mass is 35.5. The van der Waals surface area contributed by atoms with E-state index in [2.05, 4.69) is 4.98 Å². The smallest absolute Gasteiger partial charge is 0.147 e. The van der Waals surface area contributed by atoms with Crippen LogP contribution in [0.2, 0.25) is 10.2 Å². The highest BCUT2D eigenvalue weighted by Gasteiger charge is 2.08. The molecule has 0 bridgehead atoms. The SMILES string of the molecule is O[C@@H](CCl)c1cnc(Cl)c(Cl)c1. The van der Waals surface area contributed by atoms with Gasteiger partial charge in [0.2, 0.25) is 0 Å². The molecule has 1 aromatic rings. The molecule has 1 atom stereocenters. The lowest BCUT2D eigenvalue weighted by molar-refractivity contribution is 0.202. The van der Waals surface area contributed by atoms with Gasteiger partial charge in [0.05, 0.1) is 17.0 Å². The number of aliphatic hydroxyl groups excluding tert-OH is 1. The van der Waals surface area contributed by atoms with Crippen molar-refractivity contribution in [2.45, 2.75) is 6.10 Å². The van der Waals surface area contributed by atoms with Crippen molar-refractivity contribution in [1.82, 2.24) is 4.98 Å². The average Bonchev–Trinajstić information content (AvgIpc) is 2.08. The molecule has 1 rings (SSSR count). The van der Waals surface area contributed by atoms with Crippen LogP contribution in [0.5, 0.6) is 0 Å². The molecule has 0 aromatic carbocycles. The normalized spacial score (nSPS) is 13.0. The van der Waals surface area contributed by atoms with E-state index in [0.29, 0.717) is 10.6 Å². The van der Waals surface area contributed by atoms with E-state index in [0.717, 1.165) is 0 Å². The van der Waals surface area contributed by atoms with Gasteiger partial charge in [0, 0.05) is 11.8 Å². The third-order valence-corrected chi connectivity index (χ3v) is 2.33. The summed E-state index contributed by atoms with van der Waals surface area (Å²) in [4.78, 5) is 3.76. The summed E-state index contributed by atoms with van der Waals surface area (Å²) in [5.41, 5.74) is 0.569. The van der Waals surface area contributed by atoms with Gasteiger partial charge in [-0.05, 0) is 6.07 Å². The molecule has 0 aliphatic rings. The van der Waals surface area contributed by atoms with Crippen LogP contribution in [0, 0.1) is 0 Å². The lowest BCUT2D eigenvalue weighted by Crippen LogP contribution is -1.99. The minimum atomic E-state index is -0.742. The Bertz CT molecular complexity index is 279. The van der Waals surface area contributed by atoms with Crippen LogP contribution >= 0.6 is 34.8 Å². The van der Waals surface area contributed by atoms with Crippen molar-refractivity contribution in [2.24, 2.45) is 0 Å². The predicted octanol–water partition coefficient (Wildman–Crippen LogP) is 2.66. The Kier molecular flexibility index (Phi) is 3.59. The molecule has 1 N–H and O–H groups in total. The predicted molar refractivity (Wildman–Crippen MR) is 49.9 cm³/mol. The summed E-state index contributed by atoms with van der Waals surface area (Å²) in [6.07, 6.45) is 0.704. The van der Waals surface area contributed by atoms with Crippen molar-refractivity contribution < 1.29 is 5.11 Å². The fraction of sp³-hybridized carbons (Fsp3) is 0.286. The van der Waals surface area contributed by atoms with Crippen molar-refractivity contribution in [3.05, 3.63) is 28.0 Å². The number of hydrogen-bond donors (Lipinski definition) is 1. The molecule has 0 aliphatic heterocycles. The molecule has 0 unspecified atom stereocenters. The average molecular weight is 226 g/mol. The number of pyridine rings is 1. The minimum absolute atomic E-state index is 0.111. The molecule has 0 radical (unpaired) electrons. The number of alkyl halides is 1. The third-order valence-electron chi connectivity index (χ3n) is 1.35. The van der Waals surface area contributed by atoms with Crippen molar-refractivity contribution in [3.8, 4) is 0 Å². The zero-order valence-corrected chi connectivity index (χ0v) is 8.24. The monoisotopic (exact) mass is 225 g/mol. The van der Waals surface area contributed by atoms with Crippen molar-refractivity contribution in [2.75, 3.05) is 5.88 Å². The minimum Gasteiger partial charge on any atom is -0.387 e. The van der Waals surface area contributed by atoms with E-state index in [1.165, 1.54) is 6.20 Å². The molecule has 0 spiro atoms. The molecule has 0 amide bonds. The van der Waals surface area contributed by atoms with Crippen molar-refractivity contribution in [3.63, 3.8) is 0 Å². The van der Waals surface area contributed by atoms with Crippen LogP contribution in [0.1, 0.15) is 11.7 Å². The molecule has 12 heavy (non-hydrogen) atoms. The van der Waals surface area contributed by atoms with E-state index in [9.17, 15) is 5.11 Å². The molecule has 66 valence electrons. The second kappa shape index (κ2) is 4.28.